The smallest absolute Gasteiger partial charge is 0.308 e. The van der Waals surface area contributed by atoms with Gasteiger partial charge in [-0.15, -0.1) is 0 Å². The maximum atomic E-state index is 14.0. The standard InChI is InChI=1S/C31H24Br2N2O4S/c1-3-38-25-15-18(14-24(33)29(25)39-17(2)36)16-26-30(37)35-28(20-8-11-21(32)12-9-20)23-13-10-19-6-4-5-7-22(19)27(23)34-31(35)40-26/h4-9,11-12,14-16,28H,3,10,13H2,1-2H3/b26-16-/t28-/m1/s1. The third-order valence-corrected chi connectivity index (χ3v) is 9.03. The van der Waals surface area contributed by atoms with Crippen molar-refractivity contribution < 1.29 is 14.3 Å². The number of hydrogen-bond acceptors (Lipinski definition) is 6. The Hall–Kier alpha value is -3.27. The van der Waals surface area contributed by atoms with Crippen molar-refractivity contribution in [3.63, 3.8) is 0 Å². The van der Waals surface area contributed by atoms with Crippen LogP contribution in [0, 0.1) is 0 Å². The molecule has 0 N–H and O–H groups in total. The van der Waals surface area contributed by atoms with Gasteiger partial charge in [0.15, 0.2) is 16.3 Å². The molecule has 2 heterocycles. The van der Waals surface area contributed by atoms with Gasteiger partial charge in [0, 0.05) is 17.0 Å². The molecule has 0 bridgehead atoms. The van der Waals surface area contributed by atoms with E-state index in [1.807, 2.05) is 41.8 Å². The van der Waals surface area contributed by atoms with Crippen molar-refractivity contribution in [2.24, 2.45) is 4.99 Å². The Labute approximate surface area is 251 Å². The number of allylic oxidation sites excluding steroid dienone is 1. The molecule has 0 spiro atoms. The summed E-state index contributed by atoms with van der Waals surface area (Å²) in [7, 11) is 0. The summed E-state index contributed by atoms with van der Waals surface area (Å²) in [4.78, 5) is 31.4. The van der Waals surface area contributed by atoms with Crippen LogP contribution in [0.5, 0.6) is 11.5 Å². The fourth-order valence-electron chi connectivity index (χ4n) is 5.30. The molecule has 0 saturated heterocycles. The van der Waals surface area contributed by atoms with Crippen LogP contribution in [0.15, 0.2) is 85.0 Å². The molecule has 1 atom stereocenters. The van der Waals surface area contributed by atoms with Crippen molar-refractivity contribution in [1.29, 1.82) is 0 Å². The van der Waals surface area contributed by atoms with E-state index in [0.717, 1.165) is 45.3 Å². The average molecular weight is 680 g/mol. The number of ether oxygens (including phenoxy) is 2. The maximum Gasteiger partial charge on any atom is 0.308 e. The van der Waals surface area contributed by atoms with Gasteiger partial charge in [0.25, 0.3) is 5.56 Å². The number of fused-ring (bicyclic) bond motifs is 3. The minimum Gasteiger partial charge on any atom is -0.490 e. The molecular formula is C31H24Br2N2O4S. The molecular weight excluding hydrogens is 656 g/mol. The fourth-order valence-corrected chi connectivity index (χ4v) is 7.10. The van der Waals surface area contributed by atoms with Gasteiger partial charge in [0.1, 0.15) is 0 Å². The first-order valence-corrected chi connectivity index (χ1v) is 15.3. The molecule has 1 aromatic heterocycles. The lowest BCUT2D eigenvalue weighted by molar-refractivity contribution is -0.132. The van der Waals surface area contributed by atoms with E-state index >= 15 is 0 Å². The Morgan fingerprint density at radius 3 is 2.65 bits per heavy atom. The predicted octanol–water partition coefficient (Wildman–Crippen LogP) is 6.17. The fraction of sp³-hybridized carbons (Fsp3) is 0.194. The first-order valence-electron chi connectivity index (χ1n) is 12.9. The zero-order valence-corrected chi connectivity index (χ0v) is 25.7. The number of halogens is 2. The molecule has 6 rings (SSSR count). The number of thiazole rings is 1. The summed E-state index contributed by atoms with van der Waals surface area (Å²) in [6, 6.07) is 19.9. The van der Waals surface area contributed by atoms with E-state index in [2.05, 4.69) is 62.2 Å². The molecule has 0 amide bonds. The van der Waals surface area contributed by atoms with E-state index < -0.39 is 5.97 Å². The second kappa shape index (κ2) is 11.0. The topological polar surface area (TPSA) is 69.9 Å². The highest BCUT2D eigenvalue weighted by molar-refractivity contribution is 9.10. The average Bonchev–Trinajstić information content (AvgIpc) is 3.24. The normalized spacial score (nSPS) is 16.1. The van der Waals surface area contributed by atoms with Gasteiger partial charge in [0.05, 0.1) is 27.4 Å². The zero-order valence-electron chi connectivity index (χ0n) is 21.7. The molecule has 0 fully saturated rings. The van der Waals surface area contributed by atoms with Crippen molar-refractivity contribution in [3.8, 4) is 11.5 Å². The molecule has 3 aromatic carbocycles. The maximum absolute atomic E-state index is 14.0. The van der Waals surface area contributed by atoms with Gasteiger partial charge < -0.3 is 9.47 Å². The van der Waals surface area contributed by atoms with Crippen molar-refractivity contribution in [2.45, 2.75) is 32.7 Å². The number of carbonyl (C=O) groups excluding carboxylic acids is 1. The van der Waals surface area contributed by atoms with E-state index in [9.17, 15) is 9.59 Å². The zero-order chi connectivity index (χ0) is 28.0. The van der Waals surface area contributed by atoms with Crippen molar-refractivity contribution in [3.05, 3.63) is 117 Å². The minimum absolute atomic E-state index is 0.0970. The number of rotatable bonds is 5. The number of aryl methyl sites for hydroxylation is 1. The molecule has 6 nitrogen and oxygen atoms in total. The summed E-state index contributed by atoms with van der Waals surface area (Å²) in [5, 5.41) is 0. The van der Waals surface area contributed by atoms with Gasteiger partial charge >= 0.3 is 5.97 Å². The number of aromatic nitrogens is 1. The summed E-state index contributed by atoms with van der Waals surface area (Å²) < 4.78 is 15.1. The summed E-state index contributed by atoms with van der Waals surface area (Å²) in [6.45, 7) is 3.60. The van der Waals surface area contributed by atoms with E-state index in [-0.39, 0.29) is 11.6 Å². The third-order valence-electron chi connectivity index (χ3n) is 6.93. The molecule has 2 aliphatic rings. The van der Waals surface area contributed by atoms with Crippen LogP contribution in [0.3, 0.4) is 0 Å². The summed E-state index contributed by atoms with van der Waals surface area (Å²) in [5.41, 5.74) is 6.23. The molecule has 1 aliphatic carbocycles. The summed E-state index contributed by atoms with van der Waals surface area (Å²) in [6.07, 6.45) is 3.58. The Bertz CT molecular complexity index is 1870. The van der Waals surface area contributed by atoms with Gasteiger partial charge in [-0.05, 0) is 88.3 Å². The Kier molecular flexibility index (Phi) is 7.37. The third kappa shape index (κ3) is 4.91. The van der Waals surface area contributed by atoms with E-state index in [1.165, 1.54) is 23.8 Å². The van der Waals surface area contributed by atoms with Crippen molar-refractivity contribution in [2.75, 3.05) is 6.61 Å². The van der Waals surface area contributed by atoms with Crippen LogP contribution >= 0.6 is 43.2 Å². The highest BCUT2D eigenvalue weighted by atomic mass is 79.9. The molecule has 9 heteroatoms. The predicted molar refractivity (Wildman–Crippen MR) is 164 cm³/mol. The van der Waals surface area contributed by atoms with E-state index in [4.69, 9.17) is 14.5 Å². The van der Waals surface area contributed by atoms with Crippen molar-refractivity contribution >= 4 is 60.9 Å². The SMILES string of the molecule is CCOc1cc(/C=c2\sc3n(c2=O)[C@H](c2ccc(Br)cc2)C2=C(N=3)c3ccccc3CC2)cc(Br)c1OC(C)=O. The summed E-state index contributed by atoms with van der Waals surface area (Å²) >= 11 is 8.42. The van der Waals surface area contributed by atoms with Crippen LogP contribution in [0.1, 0.15) is 48.6 Å². The van der Waals surface area contributed by atoms with Crippen LogP contribution in [0.25, 0.3) is 11.8 Å². The van der Waals surface area contributed by atoms with Crippen molar-refractivity contribution in [1.82, 2.24) is 4.57 Å². The number of nitrogens with zero attached hydrogens (tertiary/aromatic N) is 2. The largest absolute Gasteiger partial charge is 0.490 e. The monoisotopic (exact) mass is 678 g/mol. The van der Waals surface area contributed by atoms with Crippen LogP contribution in [-0.2, 0) is 11.2 Å². The first kappa shape index (κ1) is 26.9. The second-order valence-corrected chi connectivity index (χ2v) is 12.3. The molecule has 0 saturated carbocycles. The highest BCUT2D eigenvalue weighted by Gasteiger charge is 2.32. The molecule has 0 unspecified atom stereocenters. The lowest BCUT2D eigenvalue weighted by Gasteiger charge is -2.30. The first-order chi connectivity index (χ1) is 19.3. The lowest BCUT2D eigenvalue weighted by atomic mass is 9.83. The quantitative estimate of drug-likeness (QED) is 0.187. The highest BCUT2D eigenvalue weighted by Crippen LogP contribution is 2.41. The molecule has 0 radical (unpaired) electrons. The lowest BCUT2D eigenvalue weighted by Crippen LogP contribution is -2.38. The van der Waals surface area contributed by atoms with E-state index in [0.29, 0.717) is 31.9 Å². The van der Waals surface area contributed by atoms with Gasteiger partial charge in [-0.2, -0.15) is 0 Å². The van der Waals surface area contributed by atoms with Gasteiger partial charge in [-0.1, -0.05) is 63.7 Å². The Morgan fingerprint density at radius 1 is 1.12 bits per heavy atom. The number of carbonyl (C=O) groups is 1. The second-order valence-electron chi connectivity index (χ2n) is 9.52. The Balaban J connectivity index is 1.55. The van der Waals surface area contributed by atoms with E-state index in [1.54, 1.807) is 6.07 Å². The molecule has 4 aromatic rings. The van der Waals surface area contributed by atoms with Crippen LogP contribution in [-0.4, -0.2) is 17.1 Å². The van der Waals surface area contributed by atoms with Crippen LogP contribution < -0.4 is 24.4 Å². The molecule has 1 aliphatic heterocycles. The number of benzene rings is 3. The van der Waals surface area contributed by atoms with Crippen LogP contribution in [0.4, 0.5) is 0 Å². The van der Waals surface area contributed by atoms with Gasteiger partial charge in [-0.25, -0.2) is 4.99 Å². The van der Waals surface area contributed by atoms with Gasteiger partial charge in [0.2, 0.25) is 0 Å². The van der Waals surface area contributed by atoms with Gasteiger partial charge in [-0.3, -0.25) is 14.2 Å². The molecule has 40 heavy (non-hydrogen) atoms. The molecule has 202 valence electrons. The number of hydrogen-bond donors (Lipinski definition) is 0. The Morgan fingerprint density at radius 2 is 1.90 bits per heavy atom. The minimum atomic E-state index is -0.443. The van der Waals surface area contributed by atoms with Crippen LogP contribution in [0.2, 0.25) is 0 Å². The number of esters is 1. The summed E-state index contributed by atoms with van der Waals surface area (Å²) in [5.74, 6) is 0.293.